The average Bonchev–Trinajstić information content (AvgIpc) is 2.60. The highest BCUT2D eigenvalue weighted by atomic mass is 127. The number of ether oxygens (including phenoxy) is 2. The third-order valence-corrected chi connectivity index (χ3v) is 3.65. The Morgan fingerprint density at radius 3 is 2.52 bits per heavy atom. The number of amides is 1. The van der Waals surface area contributed by atoms with E-state index in [1.165, 1.54) is 0 Å². The fourth-order valence-electron chi connectivity index (χ4n) is 2.44. The number of hydrogen-bond acceptors (Lipinski definition) is 4. The predicted molar refractivity (Wildman–Crippen MR) is 120 cm³/mol. The van der Waals surface area contributed by atoms with Crippen LogP contribution >= 0.6 is 24.0 Å². The summed E-state index contributed by atoms with van der Waals surface area (Å²) in [5.74, 6) is 2.29. The summed E-state index contributed by atoms with van der Waals surface area (Å²) in [6.07, 6.45) is 0.368. The van der Waals surface area contributed by atoms with Crippen molar-refractivity contribution < 1.29 is 14.3 Å². The smallest absolute Gasteiger partial charge is 0.222 e. The molecule has 0 radical (unpaired) electrons. The molecular formula is C19H33IN4O3. The van der Waals surface area contributed by atoms with Gasteiger partial charge in [0.2, 0.25) is 5.91 Å². The SMILES string of the molecule is CCNC(=NCCC(=O)NC(C)C)N(C)Cc1ccc(OC)cc1OC.I. The van der Waals surface area contributed by atoms with Gasteiger partial charge in [-0.25, -0.2) is 0 Å². The van der Waals surface area contributed by atoms with Crippen LogP contribution in [0.15, 0.2) is 23.2 Å². The quantitative estimate of drug-likeness (QED) is 0.315. The van der Waals surface area contributed by atoms with E-state index < -0.39 is 0 Å². The molecule has 154 valence electrons. The summed E-state index contributed by atoms with van der Waals surface area (Å²) in [5.41, 5.74) is 1.03. The summed E-state index contributed by atoms with van der Waals surface area (Å²) < 4.78 is 10.7. The monoisotopic (exact) mass is 492 g/mol. The van der Waals surface area contributed by atoms with Crippen LogP contribution in [-0.4, -0.2) is 57.2 Å². The van der Waals surface area contributed by atoms with Gasteiger partial charge < -0.3 is 25.0 Å². The topological polar surface area (TPSA) is 75.2 Å². The first-order valence-electron chi connectivity index (χ1n) is 8.90. The van der Waals surface area contributed by atoms with E-state index in [0.717, 1.165) is 29.6 Å². The number of nitrogens with zero attached hydrogens (tertiary/aromatic N) is 2. The van der Waals surface area contributed by atoms with Crippen LogP contribution in [0.2, 0.25) is 0 Å². The van der Waals surface area contributed by atoms with Gasteiger partial charge in [-0.05, 0) is 32.9 Å². The molecule has 2 N–H and O–H groups in total. The van der Waals surface area contributed by atoms with Gasteiger partial charge in [0, 0.05) is 44.2 Å². The number of aliphatic imine (C=N–C) groups is 1. The molecule has 27 heavy (non-hydrogen) atoms. The second-order valence-electron chi connectivity index (χ2n) is 6.24. The van der Waals surface area contributed by atoms with Gasteiger partial charge in [0.15, 0.2) is 5.96 Å². The van der Waals surface area contributed by atoms with Crippen LogP contribution in [0.5, 0.6) is 11.5 Å². The number of guanidine groups is 1. The van der Waals surface area contributed by atoms with Gasteiger partial charge in [0.1, 0.15) is 11.5 Å². The second-order valence-corrected chi connectivity index (χ2v) is 6.24. The number of benzene rings is 1. The molecule has 0 saturated carbocycles. The van der Waals surface area contributed by atoms with E-state index in [9.17, 15) is 4.79 Å². The lowest BCUT2D eigenvalue weighted by Crippen LogP contribution is -2.39. The number of nitrogens with one attached hydrogen (secondary N) is 2. The minimum absolute atomic E-state index is 0. The number of halogens is 1. The summed E-state index contributed by atoms with van der Waals surface area (Å²) in [6, 6.07) is 5.90. The summed E-state index contributed by atoms with van der Waals surface area (Å²) in [5, 5.41) is 6.13. The van der Waals surface area contributed by atoms with Crippen molar-refractivity contribution in [3.05, 3.63) is 23.8 Å². The summed E-state index contributed by atoms with van der Waals surface area (Å²) in [4.78, 5) is 18.3. The Labute approximate surface area is 179 Å². The van der Waals surface area contributed by atoms with Crippen LogP contribution in [0.3, 0.4) is 0 Å². The molecule has 0 atom stereocenters. The molecule has 8 heteroatoms. The molecule has 0 saturated heterocycles. The van der Waals surface area contributed by atoms with Gasteiger partial charge in [-0.15, -0.1) is 24.0 Å². The van der Waals surface area contributed by atoms with E-state index in [1.54, 1.807) is 14.2 Å². The summed E-state index contributed by atoms with van der Waals surface area (Å²) in [6.45, 7) is 7.72. The largest absolute Gasteiger partial charge is 0.497 e. The number of hydrogen-bond donors (Lipinski definition) is 2. The third kappa shape index (κ3) is 9.16. The molecule has 0 bridgehead atoms. The highest BCUT2D eigenvalue weighted by Gasteiger charge is 2.11. The molecule has 0 aliphatic carbocycles. The lowest BCUT2D eigenvalue weighted by atomic mass is 10.2. The fourth-order valence-corrected chi connectivity index (χ4v) is 2.44. The molecule has 1 aromatic carbocycles. The Bertz CT molecular complexity index is 609. The zero-order valence-corrected chi connectivity index (χ0v) is 19.5. The molecule has 0 aliphatic rings. The van der Waals surface area contributed by atoms with Crippen molar-refractivity contribution in [2.24, 2.45) is 4.99 Å². The van der Waals surface area contributed by atoms with Gasteiger partial charge >= 0.3 is 0 Å². The molecule has 1 aromatic rings. The van der Waals surface area contributed by atoms with Crippen LogP contribution in [-0.2, 0) is 11.3 Å². The van der Waals surface area contributed by atoms with Crippen molar-refractivity contribution in [2.45, 2.75) is 39.8 Å². The van der Waals surface area contributed by atoms with Gasteiger partial charge in [0.25, 0.3) is 0 Å². The van der Waals surface area contributed by atoms with Crippen LogP contribution < -0.4 is 20.1 Å². The van der Waals surface area contributed by atoms with Crippen molar-refractivity contribution in [2.75, 3.05) is 34.4 Å². The normalized spacial score (nSPS) is 10.9. The summed E-state index contributed by atoms with van der Waals surface area (Å²) >= 11 is 0. The first-order valence-corrected chi connectivity index (χ1v) is 8.90. The number of carbonyl (C=O) groups excluding carboxylic acids is 1. The molecular weight excluding hydrogens is 459 g/mol. The Kier molecular flexibility index (Phi) is 12.6. The maximum atomic E-state index is 11.8. The first kappa shape index (κ1) is 25.3. The van der Waals surface area contributed by atoms with Crippen LogP contribution in [0.4, 0.5) is 0 Å². The van der Waals surface area contributed by atoms with E-state index >= 15 is 0 Å². The van der Waals surface area contributed by atoms with Crippen molar-refractivity contribution in [1.82, 2.24) is 15.5 Å². The van der Waals surface area contributed by atoms with E-state index in [4.69, 9.17) is 9.47 Å². The number of carbonyl (C=O) groups is 1. The molecule has 0 unspecified atom stereocenters. The molecule has 1 rings (SSSR count). The molecule has 7 nitrogen and oxygen atoms in total. The average molecular weight is 492 g/mol. The first-order chi connectivity index (χ1) is 12.4. The Morgan fingerprint density at radius 1 is 1.26 bits per heavy atom. The lowest BCUT2D eigenvalue weighted by Gasteiger charge is -2.23. The van der Waals surface area contributed by atoms with E-state index in [1.807, 2.05) is 50.9 Å². The van der Waals surface area contributed by atoms with Crippen molar-refractivity contribution in [3.63, 3.8) is 0 Å². The molecule has 0 aliphatic heterocycles. The van der Waals surface area contributed by atoms with E-state index in [0.29, 0.717) is 19.5 Å². The van der Waals surface area contributed by atoms with Crippen molar-refractivity contribution >= 4 is 35.8 Å². The van der Waals surface area contributed by atoms with Gasteiger partial charge in [-0.2, -0.15) is 0 Å². The Balaban J connectivity index is 0.00000676. The zero-order chi connectivity index (χ0) is 19.5. The number of rotatable bonds is 9. The molecule has 0 aromatic heterocycles. The van der Waals surface area contributed by atoms with Crippen LogP contribution in [0.25, 0.3) is 0 Å². The van der Waals surface area contributed by atoms with Gasteiger partial charge in [-0.3, -0.25) is 9.79 Å². The molecule has 0 fully saturated rings. The van der Waals surface area contributed by atoms with Crippen molar-refractivity contribution in [3.8, 4) is 11.5 Å². The highest BCUT2D eigenvalue weighted by molar-refractivity contribution is 14.0. The second kappa shape index (κ2) is 13.5. The van der Waals surface area contributed by atoms with Crippen LogP contribution in [0, 0.1) is 0 Å². The maximum absolute atomic E-state index is 11.8. The zero-order valence-electron chi connectivity index (χ0n) is 17.2. The lowest BCUT2D eigenvalue weighted by molar-refractivity contribution is -0.121. The Morgan fingerprint density at radius 2 is 1.96 bits per heavy atom. The minimum atomic E-state index is 0. The van der Waals surface area contributed by atoms with Crippen molar-refractivity contribution in [1.29, 1.82) is 0 Å². The van der Waals surface area contributed by atoms with Gasteiger partial charge in [-0.1, -0.05) is 0 Å². The molecule has 1 amide bonds. The maximum Gasteiger partial charge on any atom is 0.222 e. The van der Waals surface area contributed by atoms with E-state index in [-0.39, 0.29) is 35.9 Å². The standard InChI is InChI=1S/C19H32N4O3.HI/c1-7-20-19(21-11-10-18(24)22-14(2)3)23(4)13-15-8-9-16(25-5)12-17(15)26-6;/h8-9,12,14H,7,10-11,13H2,1-6H3,(H,20,21)(H,22,24);1H. The highest BCUT2D eigenvalue weighted by Crippen LogP contribution is 2.25. The van der Waals surface area contributed by atoms with Gasteiger partial charge in [0.05, 0.1) is 20.8 Å². The Hall–Kier alpha value is -1.71. The fraction of sp³-hybridized carbons (Fsp3) is 0.579. The minimum Gasteiger partial charge on any atom is -0.497 e. The molecule has 0 heterocycles. The third-order valence-electron chi connectivity index (χ3n) is 3.65. The van der Waals surface area contributed by atoms with E-state index in [2.05, 4.69) is 15.6 Å². The predicted octanol–water partition coefficient (Wildman–Crippen LogP) is 2.63. The molecule has 0 spiro atoms. The number of methoxy groups -OCH3 is 2. The summed E-state index contributed by atoms with van der Waals surface area (Å²) in [7, 11) is 5.23. The van der Waals surface area contributed by atoms with Crippen LogP contribution in [0.1, 0.15) is 32.8 Å².